The van der Waals surface area contributed by atoms with Crippen LogP contribution in [0.5, 0.6) is 0 Å². The van der Waals surface area contributed by atoms with Gasteiger partial charge >= 0.3 is 0 Å². The Kier molecular flexibility index (Phi) is 5.98. The molecule has 0 spiro atoms. The zero-order valence-corrected chi connectivity index (χ0v) is 12.5. The molecule has 0 radical (unpaired) electrons. The third-order valence-electron chi connectivity index (χ3n) is 3.45. The molecule has 21 heavy (non-hydrogen) atoms. The molecule has 0 aliphatic heterocycles. The molecule has 0 unspecified atom stereocenters. The highest BCUT2D eigenvalue weighted by atomic mass is 16.2. The van der Waals surface area contributed by atoms with Crippen LogP contribution in [0.4, 0.5) is 0 Å². The molecule has 3 nitrogen and oxygen atoms in total. The van der Waals surface area contributed by atoms with E-state index in [-0.39, 0.29) is 5.91 Å². The number of nitrogens with zero attached hydrogens (tertiary/aromatic N) is 1. The molecule has 1 amide bonds. The minimum absolute atomic E-state index is 0.127. The summed E-state index contributed by atoms with van der Waals surface area (Å²) in [5.41, 5.74) is 2.45. The van der Waals surface area contributed by atoms with Crippen molar-refractivity contribution in [3.05, 3.63) is 71.8 Å². The van der Waals surface area contributed by atoms with E-state index in [2.05, 4.69) is 29.6 Å². The predicted molar refractivity (Wildman–Crippen MR) is 85.9 cm³/mol. The SMILES string of the molecule is CN(CCc1ccccc1)C(=O)CNCc1ccccc1. The van der Waals surface area contributed by atoms with Crippen molar-refractivity contribution >= 4 is 5.91 Å². The van der Waals surface area contributed by atoms with Crippen LogP contribution in [-0.4, -0.2) is 30.9 Å². The number of nitrogens with one attached hydrogen (secondary N) is 1. The highest BCUT2D eigenvalue weighted by molar-refractivity contribution is 5.77. The third-order valence-corrected chi connectivity index (χ3v) is 3.45. The van der Waals surface area contributed by atoms with Gasteiger partial charge in [-0.2, -0.15) is 0 Å². The summed E-state index contributed by atoms with van der Waals surface area (Å²) >= 11 is 0. The Morgan fingerprint density at radius 2 is 1.52 bits per heavy atom. The molecule has 0 aliphatic carbocycles. The lowest BCUT2D eigenvalue weighted by atomic mass is 10.1. The molecule has 2 rings (SSSR count). The molecule has 0 atom stereocenters. The summed E-state index contributed by atoms with van der Waals surface area (Å²) < 4.78 is 0. The summed E-state index contributed by atoms with van der Waals surface area (Å²) in [6.07, 6.45) is 0.891. The molecule has 0 fully saturated rings. The van der Waals surface area contributed by atoms with Gasteiger partial charge in [0.2, 0.25) is 5.91 Å². The van der Waals surface area contributed by atoms with E-state index in [1.807, 2.05) is 43.4 Å². The highest BCUT2D eigenvalue weighted by Gasteiger charge is 2.07. The fourth-order valence-corrected chi connectivity index (χ4v) is 2.11. The molecule has 0 saturated carbocycles. The minimum Gasteiger partial charge on any atom is -0.344 e. The van der Waals surface area contributed by atoms with Gasteiger partial charge in [0.25, 0.3) is 0 Å². The monoisotopic (exact) mass is 282 g/mol. The lowest BCUT2D eigenvalue weighted by molar-refractivity contribution is -0.128. The third kappa shape index (κ3) is 5.40. The first-order valence-electron chi connectivity index (χ1n) is 7.28. The molecular weight excluding hydrogens is 260 g/mol. The number of benzene rings is 2. The maximum Gasteiger partial charge on any atom is 0.236 e. The van der Waals surface area contributed by atoms with Crippen LogP contribution in [-0.2, 0) is 17.8 Å². The summed E-state index contributed by atoms with van der Waals surface area (Å²) in [5.74, 6) is 0.127. The largest absolute Gasteiger partial charge is 0.344 e. The van der Waals surface area contributed by atoms with Gasteiger partial charge in [-0.3, -0.25) is 4.79 Å². The summed E-state index contributed by atoms with van der Waals surface area (Å²) in [6, 6.07) is 20.3. The average Bonchev–Trinajstić information content (AvgIpc) is 2.54. The topological polar surface area (TPSA) is 32.3 Å². The number of amides is 1. The first-order valence-corrected chi connectivity index (χ1v) is 7.28. The number of rotatable bonds is 7. The molecule has 1 N–H and O–H groups in total. The second-order valence-corrected chi connectivity index (χ2v) is 5.14. The number of hydrogen-bond acceptors (Lipinski definition) is 2. The van der Waals surface area contributed by atoms with Gasteiger partial charge in [0.05, 0.1) is 6.54 Å². The molecule has 3 heteroatoms. The van der Waals surface area contributed by atoms with Gasteiger partial charge in [0.15, 0.2) is 0 Å². The van der Waals surface area contributed by atoms with E-state index in [0.29, 0.717) is 6.54 Å². The molecule has 0 bridgehead atoms. The van der Waals surface area contributed by atoms with Crippen molar-refractivity contribution in [1.29, 1.82) is 0 Å². The molecular formula is C18H22N2O. The second-order valence-electron chi connectivity index (χ2n) is 5.14. The number of carbonyl (C=O) groups is 1. The Morgan fingerprint density at radius 3 is 2.14 bits per heavy atom. The maximum atomic E-state index is 12.0. The van der Waals surface area contributed by atoms with Crippen LogP contribution in [0.1, 0.15) is 11.1 Å². The first-order chi connectivity index (χ1) is 10.3. The summed E-state index contributed by atoms with van der Waals surface area (Å²) in [6.45, 7) is 1.84. The lowest BCUT2D eigenvalue weighted by Crippen LogP contribution is -2.36. The van der Waals surface area contributed by atoms with Crippen molar-refractivity contribution in [2.45, 2.75) is 13.0 Å². The van der Waals surface area contributed by atoms with Crippen LogP contribution >= 0.6 is 0 Å². The van der Waals surface area contributed by atoms with Gasteiger partial charge in [-0.25, -0.2) is 0 Å². The second kappa shape index (κ2) is 8.22. The van der Waals surface area contributed by atoms with Gasteiger partial charge in [-0.15, -0.1) is 0 Å². The Balaban J connectivity index is 1.68. The first kappa shape index (κ1) is 15.3. The molecule has 0 heterocycles. The Bertz CT molecular complexity index is 540. The van der Waals surface area contributed by atoms with Crippen molar-refractivity contribution in [2.75, 3.05) is 20.1 Å². The van der Waals surface area contributed by atoms with Crippen LogP contribution in [0.2, 0.25) is 0 Å². The van der Waals surface area contributed by atoms with Crippen LogP contribution in [0.15, 0.2) is 60.7 Å². The van der Waals surface area contributed by atoms with E-state index >= 15 is 0 Å². The smallest absolute Gasteiger partial charge is 0.236 e. The van der Waals surface area contributed by atoms with Gasteiger partial charge in [-0.05, 0) is 17.5 Å². The number of likely N-dealkylation sites (N-methyl/N-ethyl adjacent to an activating group) is 1. The fraction of sp³-hybridized carbons (Fsp3) is 0.278. The Labute approximate surface area is 126 Å². The van der Waals surface area contributed by atoms with Gasteiger partial charge in [0, 0.05) is 20.1 Å². The van der Waals surface area contributed by atoms with Crippen molar-refractivity contribution in [3.63, 3.8) is 0 Å². The van der Waals surface area contributed by atoms with Crippen molar-refractivity contribution in [3.8, 4) is 0 Å². The van der Waals surface area contributed by atoms with E-state index in [9.17, 15) is 4.79 Å². The molecule has 2 aromatic rings. The van der Waals surface area contributed by atoms with E-state index in [1.165, 1.54) is 11.1 Å². The zero-order valence-electron chi connectivity index (χ0n) is 12.5. The predicted octanol–water partition coefficient (Wildman–Crippen LogP) is 2.48. The molecule has 110 valence electrons. The number of carbonyl (C=O) groups excluding carboxylic acids is 1. The molecule has 0 aliphatic rings. The Hall–Kier alpha value is -2.13. The number of hydrogen-bond donors (Lipinski definition) is 1. The zero-order chi connectivity index (χ0) is 14.9. The molecule has 0 aromatic heterocycles. The van der Waals surface area contributed by atoms with E-state index in [4.69, 9.17) is 0 Å². The summed E-state index contributed by atoms with van der Waals surface area (Å²) in [7, 11) is 1.86. The minimum atomic E-state index is 0.127. The quantitative estimate of drug-likeness (QED) is 0.846. The van der Waals surface area contributed by atoms with E-state index < -0.39 is 0 Å². The van der Waals surface area contributed by atoms with Crippen LogP contribution in [0, 0.1) is 0 Å². The van der Waals surface area contributed by atoms with E-state index in [1.54, 1.807) is 4.90 Å². The lowest BCUT2D eigenvalue weighted by Gasteiger charge is -2.17. The van der Waals surface area contributed by atoms with Crippen LogP contribution in [0.3, 0.4) is 0 Å². The van der Waals surface area contributed by atoms with Gasteiger partial charge in [0.1, 0.15) is 0 Å². The van der Waals surface area contributed by atoms with Crippen molar-refractivity contribution in [1.82, 2.24) is 10.2 Å². The highest BCUT2D eigenvalue weighted by Crippen LogP contribution is 2.01. The van der Waals surface area contributed by atoms with E-state index in [0.717, 1.165) is 19.5 Å². The molecule has 0 saturated heterocycles. The maximum absolute atomic E-state index is 12.0. The van der Waals surface area contributed by atoms with Crippen molar-refractivity contribution in [2.24, 2.45) is 0 Å². The summed E-state index contributed by atoms with van der Waals surface area (Å²) in [4.78, 5) is 13.8. The van der Waals surface area contributed by atoms with Crippen molar-refractivity contribution < 1.29 is 4.79 Å². The average molecular weight is 282 g/mol. The molecule has 2 aromatic carbocycles. The van der Waals surface area contributed by atoms with Crippen LogP contribution < -0.4 is 5.32 Å². The fourth-order valence-electron chi connectivity index (χ4n) is 2.11. The van der Waals surface area contributed by atoms with Crippen LogP contribution in [0.25, 0.3) is 0 Å². The Morgan fingerprint density at radius 1 is 0.952 bits per heavy atom. The standard InChI is InChI=1S/C18H22N2O/c1-20(13-12-16-8-4-2-5-9-16)18(21)15-19-14-17-10-6-3-7-11-17/h2-11,19H,12-15H2,1H3. The van der Waals surface area contributed by atoms with Gasteiger partial charge in [-0.1, -0.05) is 60.7 Å². The summed E-state index contributed by atoms with van der Waals surface area (Å²) in [5, 5.41) is 3.19. The normalized spacial score (nSPS) is 10.3. The van der Waals surface area contributed by atoms with Gasteiger partial charge < -0.3 is 10.2 Å².